The van der Waals surface area contributed by atoms with Crippen LogP contribution in [0, 0.1) is 5.92 Å². The first-order valence-electron chi connectivity index (χ1n) is 3.97. The average Bonchev–Trinajstić information content (AvgIpc) is 2.36. The zero-order valence-electron chi connectivity index (χ0n) is 6.87. The van der Waals surface area contributed by atoms with E-state index in [2.05, 4.69) is 37.5 Å². The van der Waals surface area contributed by atoms with Crippen LogP contribution in [0.4, 0.5) is 0 Å². The van der Waals surface area contributed by atoms with Gasteiger partial charge in [-0.05, 0) is 19.3 Å². The molecule has 1 aliphatic heterocycles. The Kier molecular flexibility index (Phi) is 1.68. The van der Waals surface area contributed by atoms with Crippen molar-refractivity contribution in [3.63, 3.8) is 0 Å². The summed E-state index contributed by atoms with van der Waals surface area (Å²) in [6.07, 6.45) is 7.04. The molecule has 0 aromatic carbocycles. The van der Waals surface area contributed by atoms with Crippen molar-refractivity contribution in [2.75, 3.05) is 0 Å². The average molecular weight is 164 g/mol. The van der Waals surface area contributed by atoms with E-state index >= 15 is 0 Å². The highest BCUT2D eigenvalue weighted by molar-refractivity contribution is 8.03. The number of thioether (sulfide) groups is 1. The lowest BCUT2D eigenvalue weighted by Crippen LogP contribution is -2.11. The first-order chi connectivity index (χ1) is 5.27. The van der Waals surface area contributed by atoms with E-state index in [-0.39, 0.29) is 0 Å². The smallest absolute Gasteiger partial charge is 0.0372 e. The topological polar surface area (TPSA) is 0 Å². The zero-order chi connectivity index (χ0) is 7.84. The zero-order valence-corrected chi connectivity index (χ0v) is 7.69. The summed E-state index contributed by atoms with van der Waals surface area (Å²) in [7, 11) is 0. The van der Waals surface area contributed by atoms with Crippen molar-refractivity contribution >= 4 is 11.8 Å². The molecule has 0 saturated carbocycles. The quantitative estimate of drug-likeness (QED) is 0.530. The van der Waals surface area contributed by atoms with Crippen LogP contribution >= 0.6 is 11.8 Å². The number of fused-ring (bicyclic) bond motifs is 1. The van der Waals surface area contributed by atoms with Gasteiger partial charge in [-0.1, -0.05) is 29.4 Å². The maximum Gasteiger partial charge on any atom is 0.0372 e. The van der Waals surface area contributed by atoms with Crippen LogP contribution in [0.15, 0.2) is 34.8 Å². The molecule has 2 aliphatic rings. The van der Waals surface area contributed by atoms with Crippen molar-refractivity contribution in [3.8, 4) is 0 Å². The fourth-order valence-corrected chi connectivity index (χ4v) is 2.61. The van der Waals surface area contributed by atoms with Crippen molar-refractivity contribution in [1.82, 2.24) is 0 Å². The summed E-state index contributed by atoms with van der Waals surface area (Å²) in [5.41, 5.74) is 2.89. The second-order valence-corrected chi connectivity index (χ2v) is 4.29. The Bertz CT molecular complexity index is 258. The molecular formula is C10H12S. The summed E-state index contributed by atoms with van der Waals surface area (Å²) >= 11 is 1.93. The first kappa shape index (κ1) is 7.23. The van der Waals surface area contributed by atoms with E-state index in [0.717, 1.165) is 0 Å². The van der Waals surface area contributed by atoms with Gasteiger partial charge in [-0.2, -0.15) is 0 Å². The predicted molar refractivity (Wildman–Crippen MR) is 51.5 cm³/mol. The molecular weight excluding hydrogens is 152 g/mol. The normalized spacial score (nSPS) is 34.7. The van der Waals surface area contributed by atoms with Crippen LogP contribution in [0.3, 0.4) is 0 Å². The molecule has 0 aromatic rings. The van der Waals surface area contributed by atoms with E-state index in [1.807, 2.05) is 11.8 Å². The van der Waals surface area contributed by atoms with Gasteiger partial charge in [0.25, 0.3) is 0 Å². The van der Waals surface area contributed by atoms with Crippen molar-refractivity contribution in [1.29, 1.82) is 0 Å². The van der Waals surface area contributed by atoms with Gasteiger partial charge in [-0.25, -0.2) is 0 Å². The minimum atomic E-state index is 0.670. The number of hydrogen-bond donors (Lipinski definition) is 0. The van der Waals surface area contributed by atoms with Crippen LogP contribution in [-0.2, 0) is 0 Å². The van der Waals surface area contributed by atoms with Crippen molar-refractivity contribution in [2.45, 2.75) is 19.1 Å². The second-order valence-electron chi connectivity index (χ2n) is 3.21. The molecule has 0 bridgehead atoms. The summed E-state index contributed by atoms with van der Waals surface area (Å²) in [6.45, 7) is 4.39. The summed E-state index contributed by atoms with van der Waals surface area (Å²) in [6, 6.07) is 0. The number of rotatable bonds is 0. The Hall–Kier alpha value is -0.430. The molecule has 2 rings (SSSR count). The summed E-state index contributed by atoms with van der Waals surface area (Å²) in [4.78, 5) is 0. The highest BCUT2D eigenvalue weighted by Gasteiger charge is 2.22. The monoisotopic (exact) mass is 164 g/mol. The Morgan fingerprint density at radius 2 is 1.91 bits per heavy atom. The summed E-state index contributed by atoms with van der Waals surface area (Å²) < 4.78 is 0. The molecule has 0 saturated heterocycles. The van der Waals surface area contributed by atoms with Gasteiger partial charge in [0.05, 0.1) is 0 Å². The Morgan fingerprint density at radius 1 is 1.18 bits per heavy atom. The molecule has 2 atom stereocenters. The van der Waals surface area contributed by atoms with Gasteiger partial charge >= 0.3 is 0 Å². The molecule has 0 amide bonds. The van der Waals surface area contributed by atoms with Gasteiger partial charge in [0.15, 0.2) is 0 Å². The molecule has 11 heavy (non-hydrogen) atoms. The molecule has 0 spiro atoms. The van der Waals surface area contributed by atoms with E-state index in [4.69, 9.17) is 0 Å². The van der Waals surface area contributed by atoms with Crippen LogP contribution in [0.1, 0.15) is 13.8 Å². The van der Waals surface area contributed by atoms with Crippen LogP contribution < -0.4 is 0 Å². The fraction of sp³-hybridized carbons (Fsp3) is 0.400. The third-order valence-electron chi connectivity index (χ3n) is 2.39. The molecule has 0 N–H and O–H groups in total. The third-order valence-corrected chi connectivity index (χ3v) is 3.47. The van der Waals surface area contributed by atoms with E-state index in [9.17, 15) is 0 Å². The van der Waals surface area contributed by atoms with E-state index < -0.39 is 0 Å². The van der Waals surface area contributed by atoms with Crippen molar-refractivity contribution in [3.05, 3.63) is 34.8 Å². The number of hydrogen-bond acceptors (Lipinski definition) is 1. The molecule has 1 heteroatoms. The Morgan fingerprint density at radius 3 is 2.73 bits per heavy atom. The molecule has 0 nitrogen and oxygen atoms in total. The lowest BCUT2D eigenvalue weighted by molar-refractivity contribution is 0.833. The molecule has 0 radical (unpaired) electrons. The standard InChI is InChI=1S/C10H12S/c1-7-5-9-3-4-11-10(9)6-8(7)2/h3-6,9-10H,1-2H3. The van der Waals surface area contributed by atoms with Crippen LogP contribution in [0.2, 0.25) is 0 Å². The molecule has 0 aromatic heterocycles. The third kappa shape index (κ3) is 1.18. The largest absolute Gasteiger partial charge is 0.126 e. The SMILES string of the molecule is CC1=CC2C=CSC2C=C1C. The van der Waals surface area contributed by atoms with Gasteiger partial charge in [0.2, 0.25) is 0 Å². The van der Waals surface area contributed by atoms with Crippen molar-refractivity contribution in [2.24, 2.45) is 5.92 Å². The maximum absolute atomic E-state index is 2.38. The minimum absolute atomic E-state index is 0.670. The minimum Gasteiger partial charge on any atom is -0.126 e. The van der Waals surface area contributed by atoms with Crippen LogP contribution in [-0.4, -0.2) is 5.25 Å². The highest BCUT2D eigenvalue weighted by Crippen LogP contribution is 2.37. The van der Waals surface area contributed by atoms with Gasteiger partial charge in [-0.3, -0.25) is 0 Å². The van der Waals surface area contributed by atoms with Gasteiger partial charge in [0.1, 0.15) is 0 Å². The lowest BCUT2D eigenvalue weighted by Gasteiger charge is -2.19. The molecule has 1 aliphatic carbocycles. The molecule has 2 unspecified atom stereocenters. The predicted octanol–water partition coefficient (Wildman–Crippen LogP) is 3.14. The molecule has 58 valence electrons. The van der Waals surface area contributed by atoms with Gasteiger partial charge in [-0.15, -0.1) is 11.8 Å². The van der Waals surface area contributed by atoms with Crippen molar-refractivity contribution < 1.29 is 0 Å². The second kappa shape index (κ2) is 2.56. The Balaban J connectivity index is 2.31. The van der Waals surface area contributed by atoms with E-state index in [1.54, 1.807) is 0 Å². The summed E-state index contributed by atoms with van der Waals surface area (Å²) in [5.74, 6) is 0.670. The Labute approximate surface area is 72.1 Å². The first-order valence-corrected chi connectivity index (χ1v) is 4.91. The fourth-order valence-electron chi connectivity index (χ4n) is 1.53. The van der Waals surface area contributed by atoms with E-state index in [1.165, 1.54) is 11.1 Å². The van der Waals surface area contributed by atoms with Crippen LogP contribution in [0.5, 0.6) is 0 Å². The molecule has 1 heterocycles. The van der Waals surface area contributed by atoms with Crippen LogP contribution in [0.25, 0.3) is 0 Å². The summed E-state index contributed by atoms with van der Waals surface area (Å²) in [5, 5.41) is 2.91. The number of allylic oxidation sites excluding steroid dienone is 4. The van der Waals surface area contributed by atoms with Gasteiger partial charge in [0, 0.05) is 11.2 Å². The van der Waals surface area contributed by atoms with Gasteiger partial charge < -0.3 is 0 Å². The maximum atomic E-state index is 2.38. The van der Waals surface area contributed by atoms with E-state index in [0.29, 0.717) is 11.2 Å². The lowest BCUT2D eigenvalue weighted by atomic mass is 9.92. The highest BCUT2D eigenvalue weighted by atomic mass is 32.2. The molecule has 0 fully saturated rings.